The van der Waals surface area contributed by atoms with Gasteiger partial charge in [0.15, 0.2) is 11.6 Å². The molecule has 17 heavy (non-hydrogen) atoms. The predicted octanol–water partition coefficient (Wildman–Crippen LogP) is 2.69. The van der Waals surface area contributed by atoms with Crippen LogP contribution in [0.5, 0.6) is 0 Å². The van der Waals surface area contributed by atoms with Gasteiger partial charge in [-0.15, -0.1) is 0 Å². The predicted molar refractivity (Wildman–Crippen MR) is 57.3 cm³/mol. The largest absolute Gasteiger partial charge is 0.444 e. The van der Waals surface area contributed by atoms with Crippen LogP contribution in [0.2, 0.25) is 0 Å². The Morgan fingerprint density at radius 1 is 1.29 bits per heavy atom. The molecule has 0 aromatic heterocycles. The van der Waals surface area contributed by atoms with Gasteiger partial charge in [0.25, 0.3) is 0 Å². The monoisotopic (exact) mass is 241 g/mol. The van der Waals surface area contributed by atoms with Crippen LogP contribution in [0.15, 0.2) is 18.2 Å². The van der Waals surface area contributed by atoms with Crippen LogP contribution < -0.4 is 0 Å². The van der Waals surface area contributed by atoms with Gasteiger partial charge in [-0.05, 0) is 31.5 Å². The third-order valence-electron chi connectivity index (χ3n) is 3.03. The van der Waals surface area contributed by atoms with E-state index in [1.54, 1.807) is 6.92 Å². The van der Waals surface area contributed by atoms with Crippen molar-refractivity contribution in [2.24, 2.45) is 0 Å². The van der Waals surface area contributed by atoms with Crippen molar-refractivity contribution in [1.29, 1.82) is 0 Å². The summed E-state index contributed by atoms with van der Waals surface area (Å²) in [5.74, 6) is -1.80. The average Bonchev–Trinajstić information content (AvgIpc) is 2.50. The van der Waals surface area contributed by atoms with Gasteiger partial charge in [-0.1, -0.05) is 6.07 Å². The minimum absolute atomic E-state index is 0.0735. The van der Waals surface area contributed by atoms with Crippen molar-refractivity contribution in [3.63, 3.8) is 0 Å². The van der Waals surface area contributed by atoms with Gasteiger partial charge in [-0.2, -0.15) is 0 Å². The molecule has 0 unspecified atom stereocenters. The van der Waals surface area contributed by atoms with Gasteiger partial charge in [-0.25, -0.2) is 13.6 Å². The number of nitrogens with zero attached hydrogens (tertiary/aromatic N) is 1. The molecule has 5 heteroatoms. The molecule has 1 amide bonds. The number of carbonyl (C=O) groups excluding carboxylic acids is 1. The molecule has 1 aliphatic rings. The molecule has 1 aromatic carbocycles. The highest BCUT2D eigenvalue weighted by Gasteiger charge is 2.35. The van der Waals surface area contributed by atoms with Crippen LogP contribution in [-0.2, 0) is 11.3 Å². The summed E-state index contributed by atoms with van der Waals surface area (Å²) >= 11 is 0. The van der Waals surface area contributed by atoms with Crippen LogP contribution in [0.25, 0.3) is 0 Å². The molecule has 2 atom stereocenters. The molecule has 1 aliphatic heterocycles. The number of benzene rings is 1. The van der Waals surface area contributed by atoms with Gasteiger partial charge in [0, 0.05) is 6.54 Å². The van der Waals surface area contributed by atoms with E-state index in [1.165, 1.54) is 11.0 Å². The fraction of sp³-hybridized carbons (Fsp3) is 0.417. The second-order valence-corrected chi connectivity index (χ2v) is 4.21. The number of hydrogen-bond donors (Lipinski definition) is 0. The molecular weight excluding hydrogens is 228 g/mol. The topological polar surface area (TPSA) is 29.5 Å². The quantitative estimate of drug-likeness (QED) is 0.796. The first-order chi connectivity index (χ1) is 7.99. The maximum absolute atomic E-state index is 13.0. The van der Waals surface area contributed by atoms with Crippen molar-refractivity contribution < 1.29 is 18.3 Å². The maximum atomic E-state index is 13.0. The minimum Gasteiger partial charge on any atom is -0.444 e. The van der Waals surface area contributed by atoms with Crippen LogP contribution in [0.3, 0.4) is 0 Å². The molecule has 1 aromatic rings. The van der Waals surface area contributed by atoms with Crippen molar-refractivity contribution in [3.05, 3.63) is 35.4 Å². The van der Waals surface area contributed by atoms with Crippen LogP contribution in [0.4, 0.5) is 13.6 Å². The Morgan fingerprint density at radius 2 is 2.00 bits per heavy atom. The molecule has 1 fully saturated rings. The molecule has 3 nitrogen and oxygen atoms in total. The van der Waals surface area contributed by atoms with Crippen molar-refractivity contribution in [2.75, 3.05) is 0 Å². The number of rotatable bonds is 2. The highest BCUT2D eigenvalue weighted by atomic mass is 19.2. The fourth-order valence-corrected chi connectivity index (χ4v) is 1.79. The molecule has 2 rings (SSSR count). The second kappa shape index (κ2) is 4.31. The van der Waals surface area contributed by atoms with Crippen molar-refractivity contribution in [1.82, 2.24) is 4.90 Å². The lowest BCUT2D eigenvalue weighted by molar-refractivity contribution is 0.137. The summed E-state index contributed by atoms with van der Waals surface area (Å²) in [5.41, 5.74) is 0.543. The molecular formula is C12H13F2NO2. The van der Waals surface area contributed by atoms with Crippen LogP contribution >= 0.6 is 0 Å². The fourth-order valence-electron chi connectivity index (χ4n) is 1.79. The smallest absolute Gasteiger partial charge is 0.410 e. The summed E-state index contributed by atoms with van der Waals surface area (Å²) in [6.07, 6.45) is -0.609. The summed E-state index contributed by atoms with van der Waals surface area (Å²) in [4.78, 5) is 13.0. The third-order valence-corrected chi connectivity index (χ3v) is 3.03. The molecule has 0 radical (unpaired) electrons. The van der Waals surface area contributed by atoms with Crippen molar-refractivity contribution in [3.8, 4) is 0 Å². The van der Waals surface area contributed by atoms with Gasteiger partial charge in [0.2, 0.25) is 0 Å². The number of amides is 1. The normalized spacial score (nSPS) is 24.0. The Kier molecular flexibility index (Phi) is 3.00. The highest BCUT2D eigenvalue weighted by molar-refractivity contribution is 5.70. The van der Waals surface area contributed by atoms with E-state index in [0.29, 0.717) is 5.56 Å². The zero-order valence-corrected chi connectivity index (χ0v) is 9.61. The lowest BCUT2D eigenvalue weighted by Gasteiger charge is -2.19. The molecule has 0 N–H and O–H groups in total. The molecule has 1 saturated heterocycles. The van der Waals surface area contributed by atoms with E-state index in [-0.39, 0.29) is 18.7 Å². The first-order valence-corrected chi connectivity index (χ1v) is 5.40. The molecule has 92 valence electrons. The van der Waals surface area contributed by atoms with Crippen LogP contribution in [0, 0.1) is 11.6 Å². The first-order valence-electron chi connectivity index (χ1n) is 5.40. The van der Waals surface area contributed by atoms with E-state index in [2.05, 4.69) is 0 Å². The number of hydrogen-bond acceptors (Lipinski definition) is 2. The summed E-state index contributed by atoms with van der Waals surface area (Å²) in [6, 6.07) is 3.54. The summed E-state index contributed by atoms with van der Waals surface area (Å²) in [7, 11) is 0. The number of carbonyl (C=O) groups is 1. The lowest BCUT2D eigenvalue weighted by Crippen LogP contribution is -2.32. The lowest BCUT2D eigenvalue weighted by atomic mass is 10.1. The Bertz CT molecular complexity index is 450. The Balaban J connectivity index is 2.15. The van der Waals surface area contributed by atoms with E-state index >= 15 is 0 Å². The number of cyclic esters (lactones) is 1. The minimum atomic E-state index is -0.907. The van der Waals surface area contributed by atoms with E-state index in [4.69, 9.17) is 4.74 Å². The van der Waals surface area contributed by atoms with Gasteiger partial charge >= 0.3 is 6.09 Å². The summed E-state index contributed by atoms with van der Waals surface area (Å²) < 4.78 is 30.8. The van der Waals surface area contributed by atoms with Gasteiger partial charge in [-0.3, -0.25) is 4.90 Å². The van der Waals surface area contributed by atoms with E-state index in [9.17, 15) is 13.6 Å². The highest BCUT2D eigenvalue weighted by Crippen LogP contribution is 2.22. The first kappa shape index (κ1) is 11.8. The van der Waals surface area contributed by atoms with Crippen molar-refractivity contribution >= 4 is 6.09 Å². The van der Waals surface area contributed by atoms with Gasteiger partial charge < -0.3 is 4.74 Å². The van der Waals surface area contributed by atoms with E-state index < -0.39 is 17.7 Å². The zero-order chi connectivity index (χ0) is 12.6. The zero-order valence-electron chi connectivity index (χ0n) is 9.61. The van der Waals surface area contributed by atoms with Crippen molar-refractivity contribution in [2.45, 2.75) is 32.5 Å². The standard InChI is InChI=1S/C12H13F2NO2/c1-7-8(2)17-12(16)15(7)6-9-3-4-10(13)11(14)5-9/h3-5,7-8H,6H2,1-2H3/t7-,8-/m1/s1. The second-order valence-electron chi connectivity index (χ2n) is 4.21. The van der Waals surface area contributed by atoms with Gasteiger partial charge in [0.05, 0.1) is 6.04 Å². The Hall–Kier alpha value is -1.65. The Morgan fingerprint density at radius 3 is 2.53 bits per heavy atom. The summed E-state index contributed by atoms with van der Waals surface area (Å²) in [5, 5.41) is 0. The molecule has 0 saturated carbocycles. The molecule has 0 aliphatic carbocycles. The SMILES string of the molecule is C[C@@H]1[C@@H](C)OC(=O)N1Cc1ccc(F)c(F)c1. The maximum Gasteiger partial charge on any atom is 0.410 e. The third kappa shape index (κ3) is 2.23. The van der Waals surface area contributed by atoms with E-state index in [1.807, 2.05) is 6.92 Å². The van der Waals surface area contributed by atoms with Gasteiger partial charge in [0.1, 0.15) is 6.10 Å². The van der Waals surface area contributed by atoms with Crippen LogP contribution in [-0.4, -0.2) is 23.1 Å². The molecule has 1 heterocycles. The number of ether oxygens (including phenoxy) is 1. The Labute approximate surface area is 98.0 Å². The van der Waals surface area contributed by atoms with Crippen LogP contribution in [0.1, 0.15) is 19.4 Å². The summed E-state index contributed by atoms with van der Waals surface area (Å²) in [6.45, 7) is 3.88. The molecule has 0 bridgehead atoms. The number of halogens is 2. The average molecular weight is 241 g/mol. The molecule has 0 spiro atoms. The van der Waals surface area contributed by atoms with E-state index in [0.717, 1.165) is 12.1 Å².